The van der Waals surface area contributed by atoms with Gasteiger partial charge in [0.1, 0.15) is 11.6 Å². The Morgan fingerprint density at radius 3 is 2.36 bits per heavy atom. The molecule has 0 aromatic carbocycles. The first-order valence-corrected chi connectivity index (χ1v) is 5.11. The van der Waals surface area contributed by atoms with Gasteiger partial charge in [0.2, 0.25) is 5.95 Å². The van der Waals surface area contributed by atoms with E-state index in [0.717, 1.165) is 30.9 Å². The second-order valence-corrected chi connectivity index (χ2v) is 3.87. The Balaban J connectivity index is 2.83. The maximum Gasteiger partial charge on any atom is 0.223 e. The first-order chi connectivity index (χ1) is 6.61. The zero-order chi connectivity index (χ0) is 10.6. The predicted molar refractivity (Wildman–Crippen MR) is 56.8 cm³/mol. The number of nitrogens with two attached hydrogens (primary N) is 1. The summed E-state index contributed by atoms with van der Waals surface area (Å²) in [5, 5.41) is 0. The van der Waals surface area contributed by atoms with Crippen LogP contribution in [-0.4, -0.2) is 15.0 Å². The van der Waals surface area contributed by atoms with Crippen molar-refractivity contribution in [1.82, 2.24) is 15.0 Å². The molecule has 0 atom stereocenters. The molecule has 0 spiro atoms. The highest BCUT2D eigenvalue weighted by molar-refractivity contribution is 5.16. The second-order valence-electron chi connectivity index (χ2n) is 3.87. The summed E-state index contributed by atoms with van der Waals surface area (Å²) < 4.78 is 0. The van der Waals surface area contributed by atoms with Crippen molar-refractivity contribution in [2.24, 2.45) is 5.92 Å². The summed E-state index contributed by atoms with van der Waals surface area (Å²) in [7, 11) is 0. The van der Waals surface area contributed by atoms with Crippen molar-refractivity contribution in [3.05, 3.63) is 11.6 Å². The Kier molecular flexibility index (Phi) is 3.80. The van der Waals surface area contributed by atoms with Crippen LogP contribution in [0.25, 0.3) is 0 Å². The lowest BCUT2D eigenvalue weighted by Crippen LogP contribution is -2.09. The number of aromatic nitrogens is 3. The summed E-state index contributed by atoms with van der Waals surface area (Å²) in [6.07, 6.45) is 2.77. The maximum atomic E-state index is 5.60. The third kappa shape index (κ3) is 3.28. The molecule has 1 heterocycles. The first-order valence-electron chi connectivity index (χ1n) is 5.11. The maximum absolute atomic E-state index is 5.60. The largest absolute Gasteiger partial charge is 0.368 e. The lowest BCUT2D eigenvalue weighted by molar-refractivity contribution is 0.612. The Morgan fingerprint density at radius 1 is 1.14 bits per heavy atom. The van der Waals surface area contributed by atoms with E-state index in [-0.39, 0.29) is 0 Å². The molecule has 0 radical (unpaired) electrons. The molecule has 14 heavy (non-hydrogen) atoms. The molecule has 0 aliphatic carbocycles. The van der Waals surface area contributed by atoms with Crippen molar-refractivity contribution in [2.45, 2.75) is 40.0 Å². The van der Waals surface area contributed by atoms with E-state index in [1.807, 2.05) is 0 Å². The molecule has 0 bridgehead atoms. The van der Waals surface area contributed by atoms with E-state index in [4.69, 9.17) is 5.73 Å². The van der Waals surface area contributed by atoms with E-state index in [9.17, 15) is 0 Å². The molecule has 0 saturated heterocycles. The number of nitrogens with zero attached hydrogens (tertiary/aromatic N) is 3. The molecule has 0 amide bonds. The van der Waals surface area contributed by atoms with Gasteiger partial charge >= 0.3 is 0 Å². The Hall–Kier alpha value is -1.19. The molecule has 1 rings (SSSR count). The Morgan fingerprint density at radius 2 is 1.79 bits per heavy atom. The quantitative estimate of drug-likeness (QED) is 0.790. The van der Waals surface area contributed by atoms with E-state index in [1.54, 1.807) is 0 Å². The fraction of sp³-hybridized carbons (Fsp3) is 0.700. The van der Waals surface area contributed by atoms with Gasteiger partial charge in [0, 0.05) is 12.8 Å². The lowest BCUT2D eigenvalue weighted by atomic mass is 10.1. The van der Waals surface area contributed by atoms with Gasteiger partial charge in [-0.3, -0.25) is 0 Å². The van der Waals surface area contributed by atoms with Crippen LogP contribution in [0.2, 0.25) is 0 Å². The van der Waals surface area contributed by atoms with Gasteiger partial charge in [0.25, 0.3) is 0 Å². The van der Waals surface area contributed by atoms with Crippen molar-refractivity contribution in [3.63, 3.8) is 0 Å². The molecule has 78 valence electrons. The zero-order valence-electron chi connectivity index (χ0n) is 9.12. The number of hydrogen-bond acceptors (Lipinski definition) is 4. The molecule has 0 fully saturated rings. The van der Waals surface area contributed by atoms with Crippen LogP contribution >= 0.6 is 0 Å². The highest BCUT2D eigenvalue weighted by Gasteiger charge is 2.05. The van der Waals surface area contributed by atoms with Crippen LogP contribution in [0.4, 0.5) is 5.95 Å². The minimum atomic E-state index is 0.346. The van der Waals surface area contributed by atoms with E-state index in [0.29, 0.717) is 11.9 Å². The van der Waals surface area contributed by atoms with Crippen molar-refractivity contribution in [3.8, 4) is 0 Å². The lowest BCUT2D eigenvalue weighted by Gasteiger charge is -2.05. The topological polar surface area (TPSA) is 64.7 Å². The highest BCUT2D eigenvalue weighted by atomic mass is 15.1. The molecule has 0 saturated carbocycles. The number of hydrogen-bond donors (Lipinski definition) is 1. The number of aryl methyl sites for hydroxylation is 1. The van der Waals surface area contributed by atoms with E-state index in [2.05, 4.69) is 35.7 Å². The molecule has 2 N–H and O–H groups in total. The standard InChI is InChI=1S/C10H18N4/c1-4-5-8-12-9(6-7(2)3)14-10(11)13-8/h7H,4-6H2,1-3H3,(H2,11,12,13,14). The average molecular weight is 194 g/mol. The van der Waals surface area contributed by atoms with Crippen LogP contribution in [0.5, 0.6) is 0 Å². The molecular formula is C10H18N4. The van der Waals surface area contributed by atoms with Crippen LogP contribution in [0, 0.1) is 5.92 Å². The van der Waals surface area contributed by atoms with Gasteiger partial charge in [0.15, 0.2) is 0 Å². The van der Waals surface area contributed by atoms with Gasteiger partial charge in [-0.25, -0.2) is 4.98 Å². The fourth-order valence-electron chi connectivity index (χ4n) is 1.28. The van der Waals surface area contributed by atoms with Gasteiger partial charge in [-0.05, 0) is 12.3 Å². The minimum Gasteiger partial charge on any atom is -0.368 e. The minimum absolute atomic E-state index is 0.346. The SMILES string of the molecule is CCCc1nc(N)nc(CC(C)C)n1. The smallest absolute Gasteiger partial charge is 0.223 e. The summed E-state index contributed by atoms with van der Waals surface area (Å²) in [4.78, 5) is 12.6. The summed E-state index contributed by atoms with van der Waals surface area (Å²) in [5.41, 5.74) is 5.60. The highest BCUT2D eigenvalue weighted by Crippen LogP contribution is 2.05. The number of rotatable bonds is 4. The Bertz CT molecular complexity index is 296. The molecule has 4 heteroatoms. The van der Waals surface area contributed by atoms with Crippen molar-refractivity contribution < 1.29 is 0 Å². The van der Waals surface area contributed by atoms with Crippen LogP contribution in [-0.2, 0) is 12.8 Å². The van der Waals surface area contributed by atoms with Gasteiger partial charge in [-0.1, -0.05) is 20.8 Å². The Labute approximate surface area is 85.0 Å². The fourth-order valence-corrected chi connectivity index (χ4v) is 1.28. The molecule has 0 aliphatic rings. The summed E-state index contributed by atoms with van der Waals surface area (Å²) in [6.45, 7) is 6.38. The van der Waals surface area contributed by atoms with Crippen molar-refractivity contribution >= 4 is 5.95 Å². The molecule has 0 unspecified atom stereocenters. The predicted octanol–water partition coefficient (Wildman–Crippen LogP) is 1.60. The second kappa shape index (κ2) is 4.88. The van der Waals surface area contributed by atoms with Crippen LogP contribution in [0.15, 0.2) is 0 Å². The number of anilines is 1. The third-order valence-electron chi connectivity index (χ3n) is 1.81. The van der Waals surface area contributed by atoms with Gasteiger partial charge in [0.05, 0.1) is 0 Å². The van der Waals surface area contributed by atoms with E-state index >= 15 is 0 Å². The van der Waals surface area contributed by atoms with Gasteiger partial charge < -0.3 is 5.73 Å². The van der Waals surface area contributed by atoms with Crippen molar-refractivity contribution in [1.29, 1.82) is 0 Å². The summed E-state index contributed by atoms with van der Waals surface area (Å²) in [5.74, 6) is 2.52. The molecule has 4 nitrogen and oxygen atoms in total. The molecule has 1 aromatic rings. The van der Waals surface area contributed by atoms with E-state index < -0.39 is 0 Å². The number of nitrogen functional groups attached to an aromatic ring is 1. The average Bonchev–Trinajstić information content (AvgIpc) is 2.01. The zero-order valence-corrected chi connectivity index (χ0v) is 9.12. The first kappa shape index (κ1) is 10.9. The van der Waals surface area contributed by atoms with Gasteiger partial charge in [-0.2, -0.15) is 9.97 Å². The monoisotopic (exact) mass is 194 g/mol. The molecule has 0 aliphatic heterocycles. The molecule has 1 aromatic heterocycles. The summed E-state index contributed by atoms with van der Waals surface area (Å²) in [6, 6.07) is 0. The van der Waals surface area contributed by atoms with E-state index in [1.165, 1.54) is 0 Å². The van der Waals surface area contributed by atoms with Crippen LogP contribution < -0.4 is 5.73 Å². The third-order valence-corrected chi connectivity index (χ3v) is 1.81. The molecular weight excluding hydrogens is 176 g/mol. The normalized spacial score (nSPS) is 10.9. The van der Waals surface area contributed by atoms with Crippen LogP contribution in [0.1, 0.15) is 38.8 Å². The van der Waals surface area contributed by atoms with Gasteiger partial charge in [-0.15, -0.1) is 0 Å². The summed E-state index contributed by atoms with van der Waals surface area (Å²) >= 11 is 0. The van der Waals surface area contributed by atoms with Crippen molar-refractivity contribution in [2.75, 3.05) is 5.73 Å². The van der Waals surface area contributed by atoms with Crippen LogP contribution in [0.3, 0.4) is 0 Å².